The topological polar surface area (TPSA) is 25.2 Å². The van der Waals surface area contributed by atoms with Gasteiger partial charge in [0.05, 0.1) is 18.0 Å². The van der Waals surface area contributed by atoms with E-state index in [4.69, 9.17) is 4.42 Å². The van der Waals surface area contributed by atoms with Crippen LogP contribution in [0.1, 0.15) is 25.1 Å². The summed E-state index contributed by atoms with van der Waals surface area (Å²) in [4.78, 5) is 0. The lowest BCUT2D eigenvalue weighted by atomic mass is 10.1. The van der Waals surface area contributed by atoms with E-state index in [0.29, 0.717) is 0 Å². The second kappa shape index (κ2) is 5.36. The van der Waals surface area contributed by atoms with Gasteiger partial charge in [-0.15, -0.1) is 0 Å². The summed E-state index contributed by atoms with van der Waals surface area (Å²) in [5.41, 5.74) is 0.730. The van der Waals surface area contributed by atoms with Crippen LogP contribution in [0.15, 0.2) is 45.5 Å². The smallest absolute Gasteiger partial charge is 0.125 e. The first-order valence-electron chi connectivity index (χ1n) is 5.45. The molecule has 0 fully saturated rings. The van der Waals surface area contributed by atoms with Gasteiger partial charge in [0, 0.05) is 4.47 Å². The van der Waals surface area contributed by atoms with E-state index in [9.17, 15) is 4.39 Å². The van der Waals surface area contributed by atoms with Crippen LogP contribution in [-0.4, -0.2) is 0 Å². The molecule has 0 spiro atoms. The van der Waals surface area contributed by atoms with Gasteiger partial charge in [0.25, 0.3) is 0 Å². The van der Waals surface area contributed by atoms with Crippen LogP contribution in [0.5, 0.6) is 0 Å². The molecule has 17 heavy (non-hydrogen) atoms. The molecule has 0 saturated carbocycles. The van der Waals surface area contributed by atoms with E-state index in [0.717, 1.165) is 22.3 Å². The first-order valence-corrected chi connectivity index (χ1v) is 6.25. The average molecular weight is 298 g/mol. The van der Waals surface area contributed by atoms with Gasteiger partial charge in [-0.25, -0.2) is 4.39 Å². The van der Waals surface area contributed by atoms with Gasteiger partial charge in [-0.05, 0) is 52.7 Å². The zero-order chi connectivity index (χ0) is 12.3. The molecule has 4 heteroatoms. The zero-order valence-electron chi connectivity index (χ0n) is 9.41. The highest BCUT2D eigenvalue weighted by atomic mass is 79.9. The molecule has 1 aromatic carbocycles. The van der Waals surface area contributed by atoms with E-state index >= 15 is 0 Å². The minimum absolute atomic E-state index is 0.0445. The van der Waals surface area contributed by atoms with Gasteiger partial charge in [-0.3, -0.25) is 0 Å². The molecule has 1 aromatic heterocycles. The molecule has 0 saturated heterocycles. The molecule has 0 radical (unpaired) electrons. The van der Waals surface area contributed by atoms with Crippen LogP contribution < -0.4 is 5.32 Å². The van der Waals surface area contributed by atoms with Gasteiger partial charge < -0.3 is 9.73 Å². The minimum atomic E-state index is -0.259. The fraction of sp³-hybridized carbons (Fsp3) is 0.231. The average Bonchev–Trinajstić information content (AvgIpc) is 2.84. The Morgan fingerprint density at radius 1 is 1.41 bits per heavy atom. The number of furan rings is 1. The molecule has 1 atom stereocenters. The first kappa shape index (κ1) is 12.2. The fourth-order valence-corrected chi connectivity index (χ4v) is 2.02. The van der Waals surface area contributed by atoms with Gasteiger partial charge in [0.2, 0.25) is 0 Å². The Morgan fingerprint density at radius 2 is 2.24 bits per heavy atom. The predicted octanol–water partition coefficient (Wildman–Crippen LogP) is 4.74. The number of halogens is 2. The summed E-state index contributed by atoms with van der Waals surface area (Å²) in [7, 11) is 0. The van der Waals surface area contributed by atoms with Crippen molar-refractivity contribution in [1.82, 2.24) is 0 Å². The Hall–Kier alpha value is -1.29. The minimum Gasteiger partial charge on any atom is -0.467 e. The predicted molar refractivity (Wildman–Crippen MR) is 69.5 cm³/mol. The van der Waals surface area contributed by atoms with E-state index in [1.165, 1.54) is 12.1 Å². The van der Waals surface area contributed by atoms with Crippen LogP contribution >= 0.6 is 15.9 Å². The highest BCUT2D eigenvalue weighted by Crippen LogP contribution is 2.29. The van der Waals surface area contributed by atoms with Crippen LogP contribution in [0.3, 0.4) is 0 Å². The lowest BCUT2D eigenvalue weighted by Gasteiger charge is -2.17. The third-order valence-corrected chi connectivity index (χ3v) is 3.24. The molecular weight excluding hydrogens is 285 g/mol. The maximum atomic E-state index is 13.2. The molecule has 0 aliphatic rings. The Labute approximate surface area is 108 Å². The van der Waals surface area contributed by atoms with E-state index in [-0.39, 0.29) is 11.9 Å². The van der Waals surface area contributed by atoms with Crippen LogP contribution in [0, 0.1) is 5.82 Å². The van der Waals surface area contributed by atoms with Gasteiger partial charge in [-0.2, -0.15) is 0 Å². The summed E-state index contributed by atoms with van der Waals surface area (Å²) >= 11 is 3.39. The number of hydrogen-bond donors (Lipinski definition) is 1. The maximum Gasteiger partial charge on any atom is 0.125 e. The van der Waals surface area contributed by atoms with Crippen LogP contribution in [0.2, 0.25) is 0 Å². The number of hydrogen-bond acceptors (Lipinski definition) is 2. The molecule has 2 nitrogen and oxygen atoms in total. The van der Waals surface area contributed by atoms with Crippen LogP contribution in [-0.2, 0) is 0 Å². The molecule has 2 aromatic rings. The third-order valence-electron chi connectivity index (χ3n) is 2.55. The van der Waals surface area contributed by atoms with Crippen molar-refractivity contribution in [2.75, 3.05) is 5.32 Å². The molecule has 0 aliphatic carbocycles. The molecule has 2 rings (SSSR count). The van der Waals surface area contributed by atoms with E-state index < -0.39 is 0 Å². The van der Waals surface area contributed by atoms with Crippen molar-refractivity contribution in [2.45, 2.75) is 19.4 Å². The van der Waals surface area contributed by atoms with Crippen molar-refractivity contribution in [1.29, 1.82) is 0 Å². The van der Waals surface area contributed by atoms with Crippen LogP contribution in [0.25, 0.3) is 0 Å². The zero-order valence-corrected chi connectivity index (χ0v) is 11.0. The lowest BCUT2D eigenvalue weighted by molar-refractivity contribution is 0.473. The van der Waals surface area contributed by atoms with Crippen molar-refractivity contribution in [3.63, 3.8) is 0 Å². The SMILES string of the molecule is CCC(Nc1cc(F)ccc1Br)c1ccco1. The molecule has 1 heterocycles. The number of rotatable bonds is 4. The largest absolute Gasteiger partial charge is 0.467 e. The Bertz CT molecular complexity index is 484. The molecular formula is C13H13BrFNO. The van der Waals surface area contributed by atoms with Crippen molar-refractivity contribution in [3.05, 3.63) is 52.6 Å². The summed E-state index contributed by atoms with van der Waals surface area (Å²) in [5.74, 6) is 0.591. The summed E-state index contributed by atoms with van der Waals surface area (Å²) in [6.07, 6.45) is 2.50. The highest BCUT2D eigenvalue weighted by molar-refractivity contribution is 9.10. The monoisotopic (exact) mass is 297 g/mol. The normalized spacial score (nSPS) is 12.4. The molecule has 0 amide bonds. The first-order chi connectivity index (χ1) is 8.20. The molecule has 0 aliphatic heterocycles. The van der Waals surface area contributed by atoms with Crippen molar-refractivity contribution >= 4 is 21.6 Å². The van der Waals surface area contributed by atoms with Crippen molar-refractivity contribution in [3.8, 4) is 0 Å². The summed E-state index contributed by atoms with van der Waals surface area (Å²) in [6, 6.07) is 8.38. The highest BCUT2D eigenvalue weighted by Gasteiger charge is 2.13. The van der Waals surface area contributed by atoms with Gasteiger partial charge in [0.15, 0.2) is 0 Å². The van der Waals surface area contributed by atoms with Gasteiger partial charge >= 0.3 is 0 Å². The molecule has 1 N–H and O–H groups in total. The van der Waals surface area contributed by atoms with Crippen molar-refractivity contribution in [2.24, 2.45) is 0 Å². The fourth-order valence-electron chi connectivity index (χ4n) is 1.66. The standard InChI is InChI=1S/C13H13BrFNO/c1-2-11(13-4-3-7-17-13)16-12-8-9(15)5-6-10(12)14/h3-8,11,16H,2H2,1H3. The Morgan fingerprint density at radius 3 is 2.88 bits per heavy atom. The van der Waals surface area contributed by atoms with Gasteiger partial charge in [0.1, 0.15) is 11.6 Å². The number of anilines is 1. The van der Waals surface area contributed by atoms with E-state index in [2.05, 4.69) is 21.2 Å². The summed E-state index contributed by atoms with van der Waals surface area (Å²) in [5, 5.41) is 3.26. The summed E-state index contributed by atoms with van der Waals surface area (Å²) in [6.45, 7) is 2.05. The third kappa shape index (κ3) is 2.88. The second-order valence-electron chi connectivity index (χ2n) is 3.74. The van der Waals surface area contributed by atoms with Crippen molar-refractivity contribution < 1.29 is 8.81 Å². The van der Waals surface area contributed by atoms with Crippen LogP contribution in [0.4, 0.5) is 10.1 Å². The second-order valence-corrected chi connectivity index (χ2v) is 4.60. The number of nitrogens with one attached hydrogen (secondary N) is 1. The quantitative estimate of drug-likeness (QED) is 0.881. The maximum absolute atomic E-state index is 13.2. The number of benzene rings is 1. The Kier molecular flexibility index (Phi) is 3.84. The molecule has 90 valence electrons. The summed E-state index contributed by atoms with van der Waals surface area (Å²) < 4.78 is 19.4. The Balaban J connectivity index is 2.21. The van der Waals surface area contributed by atoms with E-state index in [1.807, 2.05) is 19.1 Å². The lowest BCUT2D eigenvalue weighted by Crippen LogP contribution is -2.09. The molecule has 1 unspecified atom stereocenters. The van der Waals surface area contributed by atoms with Gasteiger partial charge in [-0.1, -0.05) is 6.92 Å². The molecule has 0 bridgehead atoms. The van der Waals surface area contributed by atoms with E-state index in [1.54, 1.807) is 12.3 Å².